The van der Waals surface area contributed by atoms with Crippen molar-refractivity contribution in [2.75, 3.05) is 0 Å². The fourth-order valence-corrected chi connectivity index (χ4v) is 3.04. The standard InChI is InChI=1S/C12H16FNO4S/c1-7-5-8(6-9(10(7)13)11(15)16)19(17,18)14-12(2,3)4/h5-6,14H,1-4H3,(H,15,16). The molecule has 0 bridgehead atoms. The van der Waals surface area contributed by atoms with Gasteiger partial charge in [0.25, 0.3) is 0 Å². The van der Waals surface area contributed by atoms with Crippen LogP contribution in [0.25, 0.3) is 0 Å². The molecule has 0 unspecified atom stereocenters. The van der Waals surface area contributed by atoms with Gasteiger partial charge in [-0.3, -0.25) is 0 Å². The summed E-state index contributed by atoms with van der Waals surface area (Å²) in [6.45, 7) is 6.27. The summed E-state index contributed by atoms with van der Waals surface area (Å²) < 4.78 is 40.1. The third-order valence-corrected chi connectivity index (χ3v) is 3.95. The molecule has 1 aromatic carbocycles. The summed E-state index contributed by atoms with van der Waals surface area (Å²) in [5.74, 6) is -2.43. The van der Waals surface area contributed by atoms with Gasteiger partial charge in [-0.25, -0.2) is 22.3 Å². The molecule has 0 atom stereocenters. The Morgan fingerprint density at radius 1 is 1.32 bits per heavy atom. The third kappa shape index (κ3) is 3.74. The molecule has 0 radical (unpaired) electrons. The Bertz CT molecular complexity index is 617. The van der Waals surface area contributed by atoms with E-state index in [0.29, 0.717) is 0 Å². The van der Waals surface area contributed by atoms with E-state index in [1.54, 1.807) is 20.8 Å². The Hall–Kier alpha value is -1.47. The van der Waals surface area contributed by atoms with E-state index in [1.807, 2.05) is 0 Å². The van der Waals surface area contributed by atoms with Gasteiger partial charge >= 0.3 is 5.97 Å². The first-order valence-electron chi connectivity index (χ1n) is 5.51. The number of carboxylic acids is 1. The predicted molar refractivity (Wildman–Crippen MR) is 68.2 cm³/mol. The van der Waals surface area contributed by atoms with Crippen LogP contribution in [0.4, 0.5) is 4.39 Å². The molecule has 19 heavy (non-hydrogen) atoms. The van der Waals surface area contributed by atoms with Crippen molar-refractivity contribution in [2.24, 2.45) is 0 Å². The summed E-state index contributed by atoms with van der Waals surface area (Å²) in [4.78, 5) is 10.6. The number of nitrogens with one attached hydrogen (secondary N) is 1. The van der Waals surface area contributed by atoms with Crippen molar-refractivity contribution in [2.45, 2.75) is 38.1 Å². The van der Waals surface area contributed by atoms with Gasteiger partial charge in [0.1, 0.15) is 5.82 Å². The molecular formula is C12H16FNO4S. The molecule has 106 valence electrons. The maximum atomic E-state index is 13.6. The summed E-state index contributed by atoms with van der Waals surface area (Å²) >= 11 is 0. The molecule has 2 N–H and O–H groups in total. The van der Waals surface area contributed by atoms with E-state index in [4.69, 9.17) is 5.11 Å². The number of carbonyl (C=O) groups is 1. The van der Waals surface area contributed by atoms with E-state index in [0.717, 1.165) is 12.1 Å². The maximum Gasteiger partial charge on any atom is 0.338 e. The number of hydrogen-bond donors (Lipinski definition) is 2. The summed E-state index contributed by atoms with van der Waals surface area (Å²) in [6.07, 6.45) is 0. The number of benzene rings is 1. The molecule has 0 saturated heterocycles. The lowest BCUT2D eigenvalue weighted by Gasteiger charge is -2.20. The molecule has 0 fully saturated rings. The Morgan fingerprint density at radius 2 is 1.84 bits per heavy atom. The normalized spacial score (nSPS) is 12.5. The van der Waals surface area contributed by atoms with Crippen LogP contribution in [0.1, 0.15) is 36.7 Å². The largest absolute Gasteiger partial charge is 0.478 e. The molecule has 0 aliphatic carbocycles. The van der Waals surface area contributed by atoms with E-state index in [9.17, 15) is 17.6 Å². The zero-order chi connectivity index (χ0) is 15.0. The SMILES string of the molecule is Cc1cc(S(=O)(=O)NC(C)(C)C)cc(C(=O)O)c1F. The monoisotopic (exact) mass is 289 g/mol. The first-order valence-corrected chi connectivity index (χ1v) is 7.00. The maximum absolute atomic E-state index is 13.6. The highest BCUT2D eigenvalue weighted by molar-refractivity contribution is 7.89. The minimum atomic E-state index is -3.89. The van der Waals surface area contributed by atoms with Gasteiger partial charge in [-0.05, 0) is 45.4 Å². The second kappa shape index (κ2) is 4.90. The number of sulfonamides is 1. The molecule has 0 aliphatic rings. The second-order valence-electron chi connectivity index (χ2n) is 5.26. The fraction of sp³-hybridized carbons (Fsp3) is 0.417. The van der Waals surface area contributed by atoms with Crippen molar-refractivity contribution >= 4 is 16.0 Å². The van der Waals surface area contributed by atoms with Gasteiger partial charge in [-0.1, -0.05) is 0 Å². The van der Waals surface area contributed by atoms with E-state index in [2.05, 4.69) is 4.72 Å². The summed E-state index contributed by atoms with van der Waals surface area (Å²) in [5.41, 5.74) is -1.41. The third-order valence-electron chi connectivity index (χ3n) is 2.21. The van der Waals surface area contributed by atoms with Crippen LogP contribution in [0.15, 0.2) is 17.0 Å². The van der Waals surface area contributed by atoms with Gasteiger partial charge in [-0.2, -0.15) is 0 Å². The van der Waals surface area contributed by atoms with Crippen LogP contribution >= 0.6 is 0 Å². The molecule has 0 aromatic heterocycles. The van der Waals surface area contributed by atoms with Crippen LogP contribution in [-0.2, 0) is 10.0 Å². The lowest BCUT2D eigenvalue weighted by atomic mass is 10.1. The second-order valence-corrected chi connectivity index (χ2v) is 6.94. The van der Waals surface area contributed by atoms with Crippen LogP contribution in [-0.4, -0.2) is 25.0 Å². The average molecular weight is 289 g/mol. The van der Waals surface area contributed by atoms with Crippen LogP contribution in [0, 0.1) is 12.7 Å². The van der Waals surface area contributed by atoms with Crippen molar-refractivity contribution < 1.29 is 22.7 Å². The van der Waals surface area contributed by atoms with Crippen molar-refractivity contribution in [3.05, 3.63) is 29.1 Å². The van der Waals surface area contributed by atoms with Gasteiger partial charge in [0.05, 0.1) is 10.5 Å². The van der Waals surface area contributed by atoms with Gasteiger partial charge in [0, 0.05) is 5.54 Å². The molecule has 0 aliphatic heterocycles. The van der Waals surface area contributed by atoms with Crippen molar-refractivity contribution in [1.29, 1.82) is 0 Å². The highest BCUT2D eigenvalue weighted by Crippen LogP contribution is 2.20. The van der Waals surface area contributed by atoms with Crippen molar-refractivity contribution in [1.82, 2.24) is 4.72 Å². The zero-order valence-corrected chi connectivity index (χ0v) is 11.9. The van der Waals surface area contributed by atoms with E-state index in [-0.39, 0.29) is 10.5 Å². The lowest BCUT2D eigenvalue weighted by Crippen LogP contribution is -2.40. The number of rotatable bonds is 3. The van der Waals surface area contributed by atoms with Gasteiger partial charge in [0.15, 0.2) is 0 Å². The van der Waals surface area contributed by atoms with E-state index < -0.39 is 32.9 Å². The number of aromatic carboxylic acids is 1. The number of halogens is 1. The Kier molecular flexibility index (Phi) is 4.02. The van der Waals surface area contributed by atoms with Crippen molar-refractivity contribution in [3.63, 3.8) is 0 Å². The molecule has 5 nitrogen and oxygen atoms in total. The molecule has 0 spiro atoms. The lowest BCUT2D eigenvalue weighted by molar-refractivity contribution is 0.0691. The van der Waals surface area contributed by atoms with Crippen LogP contribution in [0.2, 0.25) is 0 Å². The summed E-state index contributed by atoms with van der Waals surface area (Å²) in [6, 6.07) is 1.93. The van der Waals surface area contributed by atoms with E-state index >= 15 is 0 Å². The van der Waals surface area contributed by atoms with Gasteiger partial charge < -0.3 is 5.11 Å². The average Bonchev–Trinajstić information content (AvgIpc) is 2.17. The zero-order valence-electron chi connectivity index (χ0n) is 11.1. The number of hydrogen-bond acceptors (Lipinski definition) is 3. The first-order chi connectivity index (χ1) is 8.44. The molecule has 7 heteroatoms. The molecular weight excluding hydrogens is 273 g/mol. The number of aryl methyl sites for hydroxylation is 1. The molecule has 0 saturated carbocycles. The Labute approximate surface area is 111 Å². The molecule has 0 heterocycles. The fourth-order valence-electron chi connectivity index (χ4n) is 1.51. The smallest absolute Gasteiger partial charge is 0.338 e. The first kappa shape index (κ1) is 15.6. The quantitative estimate of drug-likeness (QED) is 0.890. The molecule has 1 aromatic rings. The van der Waals surface area contributed by atoms with Crippen LogP contribution < -0.4 is 4.72 Å². The summed E-state index contributed by atoms with van der Waals surface area (Å²) in [7, 11) is -3.89. The highest BCUT2D eigenvalue weighted by atomic mass is 32.2. The summed E-state index contributed by atoms with van der Waals surface area (Å²) in [5, 5.41) is 8.86. The van der Waals surface area contributed by atoms with Crippen LogP contribution in [0.5, 0.6) is 0 Å². The minimum Gasteiger partial charge on any atom is -0.478 e. The van der Waals surface area contributed by atoms with Gasteiger partial charge in [-0.15, -0.1) is 0 Å². The highest BCUT2D eigenvalue weighted by Gasteiger charge is 2.25. The Morgan fingerprint density at radius 3 is 2.26 bits per heavy atom. The van der Waals surface area contributed by atoms with Crippen molar-refractivity contribution in [3.8, 4) is 0 Å². The molecule has 0 amide bonds. The predicted octanol–water partition coefficient (Wildman–Crippen LogP) is 1.91. The topological polar surface area (TPSA) is 83.5 Å². The van der Waals surface area contributed by atoms with Crippen LogP contribution in [0.3, 0.4) is 0 Å². The van der Waals surface area contributed by atoms with E-state index in [1.165, 1.54) is 6.92 Å². The number of carboxylic acid groups (broad SMARTS) is 1. The minimum absolute atomic E-state index is 0.0332. The van der Waals surface area contributed by atoms with Gasteiger partial charge in [0.2, 0.25) is 10.0 Å². The Balaban J connectivity index is 3.41. The molecule has 1 rings (SSSR count).